The third kappa shape index (κ3) is 4.25. The Bertz CT molecular complexity index is 375. The zero-order valence-corrected chi connectivity index (χ0v) is 13.6. The monoisotopic (exact) mass is 269 g/mol. The summed E-state index contributed by atoms with van der Waals surface area (Å²) in [4.78, 5) is 8.24. The van der Waals surface area contributed by atoms with Crippen LogP contribution in [0.25, 0.3) is 0 Å². The highest BCUT2D eigenvalue weighted by Gasteiger charge is 2.23. The third-order valence-corrected chi connectivity index (χ3v) is 3.84. The van der Waals surface area contributed by atoms with Gasteiger partial charge >= 0.3 is 0 Å². The number of aromatic nitrogens is 1. The van der Waals surface area contributed by atoms with Crippen LogP contribution in [0.4, 0.5) is 5.13 Å². The van der Waals surface area contributed by atoms with Crippen molar-refractivity contribution >= 4 is 16.5 Å². The molecule has 0 aliphatic heterocycles. The Morgan fingerprint density at radius 1 is 1.28 bits per heavy atom. The molecule has 0 aliphatic carbocycles. The highest BCUT2D eigenvalue weighted by atomic mass is 32.1. The van der Waals surface area contributed by atoms with Gasteiger partial charge in [-0.05, 0) is 12.5 Å². The average molecular weight is 269 g/mol. The summed E-state index contributed by atoms with van der Waals surface area (Å²) < 4.78 is 0. The number of anilines is 1. The molecule has 1 heterocycles. The number of rotatable bonds is 5. The van der Waals surface area contributed by atoms with Gasteiger partial charge in [-0.25, -0.2) is 4.98 Å². The van der Waals surface area contributed by atoms with Crippen molar-refractivity contribution < 1.29 is 0 Å². The summed E-state index contributed by atoms with van der Waals surface area (Å²) in [7, 11) is 4.10. The molecule has 0 atom stereocenters. The first kappa shape index (κ1) is 15.4. The Kier molecular flexibility index (Phi) is 5.17. The molecule has 0 saturated carbocycles. The van der Waals surface area contributed by atoms with E-state index in [-0.39, 0.29) is 5.41 Å². The summed E-state index contributed by atoms with van der Waals surface area (Å²) in [6.07, 6.45) is 0. The Morgan fingerprint density at radius 3 is 2.33 bits per heavy atom. The van der Waals surface area contributed by atoms with Crippen molar-refractivity contribution in [3.05, 3.63) is 10.6 Å². The summed E-state index contributed by atoms with van der Waals surface area (Å²) in [5, 5.41) is 4.62. The summed E-state index contributed by atoms with van der Waals surface area (Å²) in [6, 6.07) is 0. The molecule has 0 bridgehead atoms. The molecule has 1 rings (SSSR count). The molecule has 0 aromatic carbocycles. The number of nitrogens with zero attached hydrogens (tertiary/aromatic N) is 2. The van der Waals surface area contributed by atoms with Crippen LogP contribution in [0.15, 0.2) is 0 Å². The minimum atomic E-state index is 0.111. The molecule has 0 aliphatic rings. The van der Waals surface area contributed by atoms with Crippen LogP contribution in [-0.2, 0) is 12.0 Å². The lowest BCUT2D eigenvalue weighted by atomic mass is 9.91. The molecule has 3 nitrogen and oxygen atoms in total. The molecule has 0 fully saturated rings. The van der Waals surface area contributed by atoms with Crippen LogP contribution in [0.2, 0.25) is 0 Å². The summed E-state index contributed by atoms with van der Waals surface area (Å²) in [5.74, 6) is 0.685. The van der Waals surface area contributed by atoms with Crippen LogP contribution >= 0.6 is 11.3 Å². The van der Waals surface area contributed by atoms with E-state index < -0.39 is 0 Å². The zero-order chi connectivity index (χ0) is 13.9. The molecule has 18 heavy (non-hydrogen) atoms. The fourth-order valence-corrected chi connectivity index (χ4v) is 2.87. The van der Waals surface area contributed by atoms with E-state index in [1.54, 1.807) is 11.3 Å². The highest BCUT2D eigenvalue weighted by molar-refractivity contribution is 7.15. The summed E-state index contributed by atoms with van der Waals surface area (Å²) in [6.45, 7) is 13.1. The first-order chi connectivity index (χ1) is 8.21. The third-order valence-electron chi connectivity index (χ3n) is 2.62. The van der Waals surface area contributed by atoms with Crippen molar-refractivity contribution in [3.63, 3.8) is 0 Å². The van der Waals surface area contributed by atoms with Crippen molar-refractivity contribution in [1.82, 2.24) is 10.3 Å². The van der Waals surface area contributed by atoms with Crippen LogP contribution in [0.1, 0.15) is 45.2 Å². The Morgan fingerprint density at radius 2 is 1.89 bits per heavy atom. The lowest BCUT2D eigenvalue weighted by molar-refractivity contribution is 0.535. The highest BCUT2D eigenvalue weighted by Crippen LogP contribution is 2.33. The Balaban J connectivity index is 2.87. The lowest BCUT2D eigenvalue weighted by Gasteiger charge is -2.18. The SMILES string of the molecule is CC(C)CNCc1sc(N(C)C)nc1C(C)(C)C. The van der Waals surface area contributed by atoms with Crippen LogP contribution in [0.5, 0.6) is 0 Å². The Labute approximate surface area is 116 Å². The Hall–Kier alpha value is -0.610. The van der Waals surface area contributed by atoms with Crippen molar-refractivity contribution in [2.45, 2.75) is 46.6 Å². The normalized spacial score (nSPS) is 12.2. The van der Waals surface area contributed by atoms with E-state index in [1.165, 1.54) is 10.6 Å². The summed E-state index contributed by atoms with van der Waals surface area (Å²) >= 11 is 1.80. The minimum absolute atomic E-state index is 0.111. The van der Waals surface area contributed by atoms with E-state index in [0.29, 0.717) is 5.92 Å². The topological polar surface area (TPSA) is 28.2 Å². The molecule has 0 spiro atoms. The molecular formula is C14H27N3S. The molecular weight excluding hydrogens is 242 g/mol. The van der Waals surface area contributed by atoms with Crippen molar-refractivity contribution in [2.75, 3.05) is 25.5 Å². The smallest absolute Gasteiger partial charge is 0.185 e. The molecule has 104 valence electrons. The minimum Gasteiger partial charge on any atom is -0.354 e. The molecule has 0 radical (unpaired) electrons. The maximum Gasteiger partial charge on any atom is 0.185 e. The van der Waals surface area contributed by atoms with Gasteiger partial charge in [0.25, 0.3) is 0 Å². The predicted molar refractivity (Wildman–Crippen MR) is 81.7 cm³/mol. The van der Waals surface area contributed by atoms with Gasteiger partial charge in [0, 0.05) is 30.9 Å². The second kappa shape index (κ2) is 6.02. The molecule has 0 unspecified atom stereocenters. The van der Waals surface area contributed by atoms with Gasteiger partial charge in [0.05, 0.1) is 5.69 Å². The number of hydrogen-bond donors (Lipinski definition) is 1. The van der Waals surface area contributed by atoms with Gasteiger partial charge in [-0.1, -0.05) is 34.6 Å². The van der Waals surface area contributed by atoms with Gasteiger partial charge in [0.1, 0.15) is 0 Å². The van der Waals surface area contributed by atoms with Gasteiger partial charge in [0.15, 0.2) is 5.13 Å². The maximum absolute atomic E-state index is 4.78. The zero-order valence-electron chi connectivity index (χ0n) is 12.8. The molecule has 0 saturated heterocycles. The fraction of sp³-hybridized carbons (Fsp3) is 0.786. The average Bonchev–Trinajstić information content (AvgIpc) is 2.60. The molecule has 1 N–H and O–H groups in total. The molecule has 1 aromatic heterocycles. The first-order valence-corrected chi connectivity index (χ1v) is 7.41. The standard InChI is InChI=1S/C14H27N3S/c1-10(2)8-15-9-11-12(14(3,4)5)16-13(18-11)17(6)7/h10,15H,8-9H2,1-7H3. The maximum atomic E-state index is 4.78. The van der Waals surface area contributed by atoms with Gasteiger partial charge in [-0.2, -0.15) is 0 Å². The molecule has 0 amide bonds. The van der Waals surface area contributed by atoms with E-state index in [1.807, 2.05) is 0 Å². The summed E-state index contributed by atoms with van der Waals surface area (Å²) in [5.41, 5.74) is 1.34. The van der Waals surface area contributed by atoms with Crippen LogP contribution in [0.3, 0.4) is 0 Å². The van der Waals surface area contributed by atoms with E-state index in [4.69, 9.17) is 4.98 Å². The van der Waals surface area contributed by atoms with Crippen LogP contribution in [-0.4, -0.2) is 25.6 Å². The first-order valence-electron chi connectivity index (χ1n) is 6.60. The molecule has 1 aromatic rings. The van der Waals surface area contributed by atoms with E-state index >= 15 is 0 Å². The molecule has 4 heteroatoms. The predicted octanol–water partition coefficient (Wildman–Crippen LogP) is 3.25. The van der Waals surface area contributed by atoms with Crippen molar-refractivity contribution in [3.8, 4) is 0 Å². The van der Waals surface area contributed by atoms with Crippen LogP contribution < -0.4 is 10.2 Å². The largest absolute Gasteiger partial charge is 0.354 e. The van der Waals surface area contributed by atoms with E-state index in [2.05, 4.69) is 58.9 Å². The van der Waals surface area contributed by atoms with Gasteiger partial charge in [0.2, 0.25) is 0 Å². The lowest BCUT2D eigenvalue weighted by Crippen LogP contribution is -2.21. The van der Waals surface area contributed by atoms with Crippen LogP contribution in [0, 0.1) is 5.92 Å². The second-order valence-corrected chi connectivity index (χ2v) is 7.50. The number of nitrogens with one attached hydrogen (secondary N) is 1. The van der Waals surface area contributed by atoms with Crippen molar-refractivity contribution in [2.24, 2.45) is 5.92 Å². The van der Waals surface area contributed by atoms with Gasteiger partial charge in [-0.15, -0.1) is 11.3 Å². The van der Waals surface area contributed by atoms with Gasteiger partial charge < -0.3 is 10.2 Å². The van der Waals surface area contributed by atoms with Crippen molar-refractivity contribution in [1.29, 1.82) is 0 Å². The van der Waals surface area contributed by atoms with E-state index in [0.717, 1.165) is 18.2 Å². The number of hydrogen-bond acceptors (Lipinski definition) is 4. The second-order valence-electron chi connectivity index (χ2n) is 6.44. The number of thiazole rings is 1. The fourth-order valence-electron chi connectivity index (χ4n) is 1.71. The van der Waals surface area contributed by atoms with Gasteiger partial charge in [-0.3, -0.25) is 0 Å². The quantitative estimate of drug-likeness (QED) is 0.889. The van der Waals surface area contributed by atoms with E-state index in [9.17, 15) is 0 Å².